The van der Waals surface area contributed by atoms with E-state index in [2.05, 4.69) is 0 Å². The molecule has 1 heterocycles. The SMILES string of the molecule is N#Cc1ccc(N2C[C@H]3C[C@H]3C2[C@@H](O)C(F)(F)F)cc1C(F)(F)F. The number of rotatable bonds is 2. The lowest BCUT2D eigenvalue weighted by molar-refractivity contribution is -0.210. The molecule has 1 saturated carbocycles. The lowest BCUT2D eigenvalue weighted by Crippen LogP contribution is -2.49. The molecule has 1 saturated heterocycles. The summed E-state index contributed by atoms with van der Waals surface area (Å²) in [6.07, 6.45) is -11.7. The number of aliphatic hydroxyl groups is 1. The molecular weight excluding hydrogens is 338 g/mol. The van der Waals surface area contributed by atoms with Gasteiger partial charge in [-0.05, 0) is 36.5 Å². The van der Waals surface area contributed by atoms with Gasteiger partial charge in [0, 0.05) is 12.2 Å². The summed E-state index contributed by atoms with van der Waals surface area (Å²) < 4.78 is 77.7. The van der Waals surface area contributed by atoms with Crippen LogP contribution in [0.3, 0.4) is 0 Å². The van der Waals surface area contributed by atoms with Crippen molar-refractivity contribution in [3.63, 3.8) is 0 Å². The summed E-state index contributed by atoms with van der Waals surface area (Å²) in [7, 11) is 0. The molecule has 0 radical (unpaired) electrons. The number of alkyl halides is 6. The fourth-order valence-electron chi connectivity index (χ4n) is 3.42. The van der Waals surface area contributed by atoms with Crippen LogP contribution in [0.25, 0.3) is 0 Å². The summed E-state index contributed by atoms with van der Waals surface area (Å²) in [5.74, 6) is -0.441. The molecule has 1 aliphatic carbocycles. The third-order valence-electron chi connectivity index (χ3n) is 4.63. The van der Waals surface area contributed by atoms with Crippen LogP contribution in [-0.4, -0.2) is 30.0 Å². The minimum atomic E-state index is -4.85. The number of nitrogens with zero attached hydrogens (tertiary/aromatic N) is 2. The van der Waals surface area contributed by atoms with Crippen molar-refractivity contribution in [2.45, 2.75) is 30.9 Å². The standard InChI is InChI=1S/C15H12F6N2O/c16-14(17,18)11-4-9(2-1-7(11)5-22)23-6-8-3-10(8)12(23)13(24)15(19,20)21/h1-2,4,8,10,12-13,24H,3,6H2/t8-,10-,12?,13-/m1/s1. The van der Waals surface area contributed by atoms with Gasteiger partial charge in [0.1, 0.15) is 0 Å². The Balaban J connectivity index is 1.98. The molecule has 1 N–H and O–H groups in total. The zero-order chi connectivity index (χ0) is 17.9. The lowest BCUT2D eigenvalue weighted by Gasteiger charge is -2.34. The van der Waals surface area contributed by atoms with E-state index in [9.17, 15) is 31.4 Å². The first kappa shape index (κ1) is 16.9. The largest absolute Gasteiger partial charge is 0.417 e. The second-order valence-corrected chi connectivity index (χ2v) is 6.13. The number of halogens is 6. The van der Waals surface area contributed by atoms with E-state index in [1.807, 2.05) is 0 Å². The zero-order valence-electron chi connectivity index (χ0n) is 12.1. The molecule has 1 unspecified atom stereocenters. The summed E-state index contributed by atoms with van der Waals surface area (Å²) >= 11 is 0. The maximum atomic E-state index is 13.0. The summed E-state index contributed by atoms with van der Waals surface area (Å²) in [6, 6.07) is 2.94. The van der Waals surface area contributed by atoms with Crippen LogP contribution in [0.2, 0.25) is 0 Å². The Bertz CT molecular complexity index is 693. The van der Waals surface area contributed by atoms with E-state index in [1.54, 1.807) is 0 Å². The number of hydrogen-bond acceptors (Lipinski definition) is 3. The van der Waals surface area contributed by atoms with Crippen LogP contribution in [-0.2, 0) is 6.18 Å². The first-order chi connectivity index (χ1) is 11.0. The van der Waals surface area contributed by atoms with Gasteiger partial charge in [0.2, 0.25) is 0 Å². The van der Waals surface area contributed by atoms with E-state index in [1.165, 1.54) is 17.0 Å². The van der Waals surface area contributed by atoms with Crippen LogP contribution in [0, 0.1) is 23.2 Å². The molecule has 3 nitrogen and oxygen atoms in total. The number of aliphatic hydroxyl groups excluding tert-OH is 1. The quantitative estimate of drug-likeness (QED) is 0.833. The van der Waals surface area contributed by atoms with Gasteiger partial charge in [0.15, 0.2) is 6.10 Å². The van der Waals surface area contributed by atoms with E-state index in [-0.39, 0.29) is 24.1 Å². The van der Waals surface area contributed by atoms with E-state index >= 15 is 0 Å². The van der Waals surface area contributed by atoms with E-state index in [0.717, 1.165) is 6.07 Å². The summed E-state index contributed by atoms with van der Waals surface area (Å²) in [5.41, 5.74) is -1.85. The van der Waals surface area contributed by atoms with E-state index in [4.69, 9.17) is 5.26 Å². The lowest BCUT2D eigenvalue weighted by atomic mass is 10.0. The van der Waals surface area contributed by atoms with Gasteiger partial charge in [0.25, 0.3) is 0 Å². The third-order valence-corrected chi connectivity index (χ3v) is 4.63. The van der Waals surface area contributed by atoms with Crippen molar-refractivity contribution in [3.8, 4) is 6.07 Å². The van der Waals surface area contributed by atoms with E-state index in [0.29, 0.717) is 12.5 Å². The highest BCUT2D eigenvalue weighted by molar-refractivity contribution is 5.57. The predicted octanol–water partition coefficient (Wildman–Crippen LogP) is 3.32. The molecule has 1 aliphatic heterocycles. The fraction of sp³-hybridized carbons (Fsp3) is 0.533. The van der Waals surface area contributed by atoms with Crippen LogP contribution in [0.1, 0.15) is 17.5 Å². The molecule has 24 heavy (non-hydrogen) atoms. The number of benzene rings is 1. The van der Waals surface area contributed by atoms with Crippen molar-refractivity contribution < 1.29 is 31.4 Å². The molecule has 0 spiro atoms. The van der Waals surface area contributed by atoms with Gasteiger partial charge in [-0.25, -0.2) is 0 Å². The Morgan fingerprint density at radius 1 is 1.21 bits per heavy atom. The topological polar surface area (TPSA) is 47.3 Å². The molecule has 1 aromatic carbocycles. The van der Waals surface area contributed by atoms with Gasteiger partial charge in [0.05, 0.1) is 23.2 Å². The number of fused-ring (bicyclic) bond motifs is 1. The summed E-state index contributed by atoms with van der Waals surface area (Å²) in [6.45, 7) is 0.158. The highest BCUT2D eigenvalue weighted by Crippen LogP contribution is 2.53. The molecule has 3 rings (SSSR count). The monoisotopic (exact) mass is 350 g/mol. The van der Waals surface area contributed by atoms with Crippen LogP contribution in [0.4, 0.5) is 32.0 Å². The molecule has 0 bridgehead atoms. The molecule has 0 amide bonds. The number of anilines is 1. The van der Waals surface area contributed by atoms with Crippen LogP contribution in [0.15, 0.2) is 18.2 Å². The molecule has 1 aromatic rings. The van der Waals surface area contributed by atoms with Crippen molar-refractivity contribution in [1.29, 1.82) is 5.26 Å². The maximum absolute atomic E-state index is 13.0. The number of nitriles is 1. The van der Waals surface area contributed by atoms with Crippen LogP contribution >= 0.6 is 0 Å². The van der Waals surface area contributed by atoms with Crippen molar-refractivity contribution in [2.24, 2.45) is 11.8 Å². The van der Waals surface area contributed by atoms with Crippen molar-refractivity contribution in [1.82, 2.24) is 0 Å². The molecule has 2 fully saturated rings. The van der Waals surface area contributed by atoms with Crippen molar-refractivity contribution >= 4 is 5.69 Å². The second kappa shape index (κ2) is 5.28. The third kappa shape index (κ3) is 2.79. The fourth-order valence-corrected chi connectivity index (χ4v) is 3.42. The molecule has 0 aromatic heterocycles. The number of piperidine rings is 1. The Kier molecular flexibility index (Phi) is 3.71. The Morgan fingerprint density at radius 2 is 1.88 bits per heavy atom. The van der Waals surface area contributed by atoms with Crippen molar-refractivity contribution in [3.05, 3.63) is 29.3 Å². The highest BCUT2D eigenvalue weighted by Gasteiger charge is 2.60. The number of hydrogen-bond donors (Lipinski definition) is 1. The first-order valence-electron chi connectivity index (χ1n) is 7.17. The molecule has 130 valence electrons. The van der Waals surface area contributed by atoms with Crippen LogP contribution < -0.4 is 4.90 Å². The Hall–Kier alpha value is -1.95. The highest BCUT2D eigenvalue weighted by atomic mass is 19.4. The first-order valence-corrected chi connectivity index (χ1v) is 7.17. The van der Waals surface area contributed by atoms with E-state index < -0.39 is 35.6 Å². The normalized spacial score (nSPS) is 27.6. The Labute approximate surface area is 133 Å². The summed E-state index contributed by atoms with van der Waals surface area (Å²) in [4.78, 5) is 1.17. The van der Waals surface area contributed by atoms with Crippen LogP contribution in [0.5, 0.6) is 0 Å². The maximum Gasteiger partial charge on any atom is 0.417 e. The molecule has 4 atom stereocenters. The van der Waals surface area contributed by atoms with Crippen molar-refractivity contribution in [2.75, 3.05) is 11.4 Å². The predicted molar refractivity (Wildman–Crippen MR) is 71.0 cm³/mol. The molecule has 2 aliphatic rings. The average Bonchev–Trinajstić information content (AvgIpc) is 3.15. The average molecular weight is 350 g/mol. The smallest absolute Gasteiger partial charge is 0.382 e. The minimum absolute atomic E-state index is 0.0584. The Morgan fingerprint density at radius 3 is 2.42 bits per heavy atom. The zero-order valence-corrected chi connectivity index (χ0v) is 12.1. The summed E-state index contributed by atoms with van der Waals surface area (Å²) in [5, 5.41) is 18.4. The molecule has 9 heteroatoms. The minimum Gasteiger partial charge on any atom is -0.382 e. The van der Waals surface area contributed by atoms with Gasteiger partial charge in [-0.2, -0.15) is 31.6 Å². The van der Waals surface area contributed by atoms with Gasteiger partial charge in [-0.1, -0.05) is 0 Å². The van der Waals surface area contributed by atoms with Gasteiger partial charge < -0.3 is 10.0 Å². The van der Waals surface area contributed by atoms with Gasteiger partial charge in [-0.15, -0.1) is 0 Å². The molecular formula is C15H12F6N2O. The van der Waals surface area contributed by atoms with Gasteiger partial charge in [-0.3, -0.25) is 0 Å². The van der Waals surface area contributed by atoms with Gasteiger partial charge >= 0.3 is 12.4 Å². The second-order valence-electron chi connectivity index (χ2n) is 6.13.